The summed E-state index contributed by atoms with van der Waals surface area (Å²) >= 11 is 6.40. The average molecular weight is 517 g/mol. The predicted molar refractivity (Wildman–Crippen MR) is 160 cm³/mol. The molecule has 0 unspecified atom stereocenters. The van der Waals surface area contributed by atoms with E-state index in [0.29, 0.717) is 0 Å². The van der Waals surface area contributed by atoms with E-state index in [1.54, 1.807) is 0 Å². The predicted octanol–water partition coefficient (Wildman–Crippen LogP) is 10.2. The molecule has 2 aliphatic carbocycles. The molecule has 1 aromatic heterocycles. The van der Waals surface area contributed by atoms with Crippen molar-refractivity contribution in [3.8, 4) is 33.4 Å². The quantitative estimate of drug-likeness (QED) is 0.211. The summed E-state index contributed by atoms with van der Waals surface area (Å²) in [5.74, 6) is 0. The molecule has 2 aliphatic rings. The summed E-state index contributed by atoms with van der Waals surface area (Å²) in [7, 11) is 0. The number of halogens is 1. The fourth-order valence-corrected chi connectivity index (χ4v) is 7.45. The minimum Gasteiger partial charge on any atom is -0.455 e. The summed E-state index contributed by atoms with van der Waals surface area (Å²) in [4.78, 5) is 0. The number of fused-ring (bicyclic) bond motifs is 13. The van der Waals surface area contributed by atoms with Gasteiger partial charge in [0.2, 0.25) is 0 Å². The molecule has 1 heterocycles. The maximum Gasteiger partial charge on any atom is 0.143 e. The van der Waals surface area contributed by atoms with Gasteiger partial charge in [-0.1, -0.05) is 115 Å². The van der Waals surface area contributed by atoms with Crippen molar-refractivity contribution in [2.75, 3.05) is 0 Å². The van der Waals surface area contributed by atoms with Crippen LogP contribution in [0.1, 0.15) is 22.3 Å². The summed E-state index contributed by atoms with van der Waals surface area (Å²) in [5, 5.41) is 3.00. The van der Waals surface area contributed by atoms with E-state index in [0.717, 1.165) is 38.1 Å². The number of hydrogen-bond acceptors (Lipinski definition) is 1. The standard InChI is InChI=1S/C37H21ClO/c38-23-19-17-22(18-20-23)34-35-28(21-29-27-12-4-8-16-33(27)39-36(29)34)26-11-3-7-15-32(26)37(35)30-13-5-1-9-24(30)25-10-2-6-14-31(25)37/h1-21H. The Labute approximate surface area is 230 Å². The zero-order valence-electron chi connectivity index (χ0n) is 20.9. The number of furan rings is 1. The smallest absolute Gasteiger partial charge is 0.143 e. The second-order valence-electron chi connectivity index (χ2n) is 10.5. The van der Waals surface area contributed by atoms with Gasteiger partial charge >= 0.3 is 0 Å². The number of hydrogen-bond donors (Lipinski definition) is 0. The number of para-hydroxylation sites is 1. The highest BCUT2D eigenvalue weighted by atomic mass is 35.5. The highest BCUT2D eigenvalue weighted by Gasteiger charge is 2.53. The lowest BCUT2D eigenvalue weighted by Gasteiger charge is -2.32. The second-order valence-corrected chi connectivity index (χ2v) is 11.0. The van der Waals surface area contributed by atoms with Crippen molar-refractivity contribution in [3.05, 3.63) is 155 Å². The van der Waals surface area contributed by atoms with Gasteiger partial charge < -0.3 is 4.42 Å². The molecule has 0 radical (unpaired) electrons. The molecule has 9 rings (SSSR count). The molecule has 7 aromatic rings. The van der Waals surface area contributed by atoms with Gasteiger partial charge in [0.25, 0.3) is 0 Å². The maximum atomic E-state index is 6.74. The van der Waals surface area contributed by atoms with E-state index in [4.69, 9.17) is 16.0 Å². The Balaban J connectivity index is 1.57. The van der Waals surface area contributed by atoms with Crippen LogP contribution in [0.4, 0.5) is 0 Å². The largest absolute Gasteiger partial charge is 0.455 e. The fraction of sp³-hybridized carbons (Fsp3) is 0.0270. The van der Waals surface area contributed by atoms with Crippen LogP contribution in [-0.2, 0) is 5.41 Å². The molecule has 0 saturated carbocycles. The van der Waals surface area contributed by atoms with Crippen molar-refractivity contribution in [2.45, 2.75) is 5.41 Å². The van der Waals surface area contributed by atoms with Crippen molar-refractivity contribution in [2.24, 2.45) is 0 Å². The molecule has 2 heteroatoms. The van der Waals surface area contributed by atoms with Crippen LogP contribution in [0, 0.1) is 0 Å². The lowest BCUT2D eigenvalue weighted by atomic mass is 9.68. The van der Waals surface area contributed by atoms with E-state index in [2.05, 4.69) is 109 Å². The minimum absolute atomic E-state index is 0.457. The Morgan fingerprint density at radius 1 is 0.513 bits per heavy atom. The molecule has 1 spiro atoms. The first-order valence-corrected chi connectivity index (χ1v) is 13.7. The Hall–Kier alpha value is -4.59. The first kappa shape index (κ1) is 21.4. The summed E-state index contributed by atoms with van der Waals surface area (Å²) in [6.45, 7) is 0. The van der Waals surface area contributed by atoms with Crippen LogP contribution < -0.4 is 0 Å². The zero-order chi connectivity index (χ0) is 25.7. The number of benzene rings is 6. The van der Waals surface area contributed by atoms with E-state index in [9.17, 15) is 0 Å². The molecular formula is C37H21ClO. The third-order valence-corrected chi connectivity index (χ3v) is 9.00. The molecule has 0 saturated heterocycles. The SMILES string of the molecule is Clc1ccc(-c2c3c(cc4c2oc2ccccc24)-c2ccccc2C32c3ccccc3-c3ccccc32)cc1. The van der Waals surface area contributed by atoms with E-state index in [1.165, 1.54) is 44.5 Å². The summed E-state index contributed by atoms with van der Waals surface area (Å²) < 4.78 is 6.74. The van der Waals surface area contributed by atoms with E-state index < -0.39 is 5.41 Å². The lowest BCUT2D eigenvalue weighted by Crippen LogP contribution is -2.26. The monoisotopic (exact) mass is 516 g/mol. The van der Waals surface area contributed by atoms with Crippen molar-refractivity contribution in [1.29, 1.82) is 0 Å². The summed E-state index contributed by atoms with van der Waals surface area (Å²) in [5.41, 5.74) is 14.0. The molecular weight excluding hydrogens is 496 g/mol. The fourth-order valence-electron chi connectivity index (χ4n) is 7.33. The van der Waals surface area contributed by atoms with Gasteiger partial charge in [-0.2, -0.15) is 0 Å². The Morgan fingerprint density at radius 2 is 1.05 bits per heavy atom. The van der Waals surface area contributed by atoms with E-state index in [-0.39, 0.29) is 0 Å². The normalized spacial score (nSPS) is 14.0. The van der Waals surface area contributed by atoms with Crippen LogP contribution in [0.3, 0.4) is 0 Å². The van der Waals surface area contributed by atoms with Gasteiger partial charge in [0.15, 0.2) is 0 Å². The first-order valence-electron chi connectivity index (χ1n) is 13.3. The molecule has 0 fully saturated rings. The van der Waals surface area contributed by atoms with Crippen molar-refractivity contribution < 1.29 is 4.42 Å². The molecule has 0 atom stereocenters. The third kappa shape index (κ3) is 2.56. The van der Waals surface area contributed by atoms with Gasteiger partial charge in [-0.05, 0) is 74.3 Å². The molecule has 6 aromatic carbocycles. The van der Waals surface area contributed by atoms with Crippen LogP contribution in [0.25, 0.3) is 55.3 Å². The van der Waals surface area contributed by atoms with Crippen molar-refractivity contribution in [3.63, 3.8) is 0 Å². The third-order valence-electron chi connectivity index (χ3n) is 8.75. The molecule has 0 N–H and O–H groups in total. The van der Waals surface area contributed by atoms with Gasteiger partial charge in [0.05, 0.1) is 5.41 Å². The molecule has 0 aliphatic heterocycles. The van der Waals surface area contributed by atoms with Crippen molar-refractivity contribution in [1.82, 2.24) is 0 Å². The van der Waals surface area contributed by atoms with E-state index >= 15 is 0 Å². The van der Waals surface area contributed by atoms with Gasteiger partial charge in [0, 0.05) is 21.4 Å². The second kappa shape index (κ2) is 7.50. The van der Waals surface area contributed by atoms with Crippen LogP contribution in [0.2, 0.25) is 5.02 Å². The highest BCUT2D eigenvalue weighted by molar-refractivity contribution is 6.30. The molecule has 182 valence electrons. The first-order chi connectivity index (χ1) is 19.3. The van der Waals surface area contributed by atoms with Gasteiger partial charge in [-0.15, -0.1) is 0 Å². The lowest BCUT2D eigenvalue weighted by molar-refractivity contribution is 0.668. The maximum absolute atomic E-state index is 6.74. The Bertz CT molecular complexity index is 2080. The highest BCUT2D eigenvalue weighted by Crippen LogP contribution is 2.65. The van der Waals surface area contributed by atoms with Gasteiger partial charge in [0.1, 0.15) is 11.2 Å². The minimum atomic E-state index is -0.457. The van der Waals surface area contributed by atoms with Crippen LogP contribution in [-0.4, -0.2) is 0 Å². The number of rotatable bonds is 1. The molecule has 1 nitrogen and oxygen atoms in total. The summed E-state index contributed by atoms with van der Waals surface area (Å²) in [6.07, 6.45) is 0. The zero-order valence-corrected chi connectivity index (χ0v) is 21.7. The Morgan fingerprint density at radius 3 is 1.69 bits per heavy atom. The average Bonchev–Trinajstić information content (AvgIpc) is 3.61. The van der Waals surface area contributed by atoms with Crippen molar-refractivity contribution >= 4 is 33.5 Å². The van der Waals surface area contributed by atoms with Crippen LogP contribution >= 0.6 is 11.6 Å². The van der Waals surface area contributed by atoms with Gasteiger partial charge in [-0.3, -0.25) is 0 Å². The van der Waals surface area contributed by atoms with Crippen LogP contribution in [0.5, 0.6) is 0 Å². The van der Waals surface area contributed by atoms with Gasteiger partial charge in [-0.25, -0.2) is 0 Å². The molecule has 0 bridgehead atoms. The van der Waals surface area contributed by atoms with Crippen LogP contribution in [0.15, 0.2) is 132 Å². The van der Waals surface area contributed by atoms with E-state index in [1.807, 2.05) is 18.2 Å². The molecule has 39 heavy (non-hydrogen) atoms. The molecule has 0 amide bonds. The Kier molecular flexibility index (Phi) is 4.11. The topological polar surface area (TPSA) is 13.1 Å². The summed E-state index contributed by atoms with van der Waals surface area (Å²) in [6, 6.07) is 45.7.